The van der Waals surface area contributed by atoms with Crippen LogP contribution in [0.2, 0.25) is 10.0 Å². The van der Waals surface area contributed by atoms with Crippen molar-refractivity contribution in [3.8, 4) is 0 Å². The minimum absolute atomic E-state index is 0.161. The number of benzene rings is 2. The molecule has 1 fully saturated rings. The zero-order valence-electron chi connectivity index (χ0n) is 16.1. The number of aromatic amines is 1. The molecule has 2 N–H and O–H groups in total. The fraction of sp³-hybridized carbons (Fsp3) is 0.273. The van der Waals surface area contributed by atoms with Crippen LogP contribution < -0.4 is 10.9 Å². The molecule has 1 aliphatic rings. The molecule has 5 nitrogen and oxygen atoms in total. The van der Waals surface area contributed by atoms with Gasteiger partial charge in [0.15, 0.2) is 0 Å². The standard InChI is InChI=1S/C22H20Cl2FN3O2/c23-13-6-7-18-14(10-13)15(11-20(29)27-18)22(30)26-12-19(28-8-1-2-9-28)21-16(24)4-3-5-17(21)25/h3-7,10-11,19H,1-2,8-9,12H2,(H,26,30)(H,27,29). The maximum absolute atomic E-state index is 14.6. The molecule has 0 saturated carbocycles. The van der Waals surface area contributed by atoms with E-state index < -0.39 is 17.8 Å². The molecule has 3 aromatic rings. The first kappa shape index (κ1) is 20.8. The molecule has 8 heteroatoms. The monoisotopic (exact) mass is 447 g/mol. The van der Waals surface area contributed by atoms with Crippen molar-refractivity contribution >= 4 is 40.0 Å². The molecule has 0 aliphatic carbocycles. The Morgan fingerprint density at radius 3 is 2.67 bits per heavy atom. The van der Waals surface area contributed by atoms with Crippen LogP contribution in [0.5, 0.6) is 0 Å². The van der Waals surface area contributed by atoms with E-state index in [0.29, 0.717) is 26.5 Å². The maximum Gasteiger partial charge on any atom is 0.252 e. The molecule has 1 unspecified atom stereocenters. The van der Waals surface area contributed by atoms with Gasteiger partial charge >= 0.3 is 0 Å². The molecule has 0 bridgehead atoms. The zero-order chi connectivity index (χ0) is 21.3. The molecule has 2 heterocycles. The molecule has 156 valence electrons. The number of hydrogen-bond donors (Lipinski definition) is 2. The second kappa shape index (κ2) is 8.76. The molecule has 0 radical (unpaired) electrons. The predicted molar refractivity (Wildman–Crippen MR) is 117 cm³/mol. The second-order valence-electron chi connectivity index (χ2n) is 7.34. The Morgan fingerprint density at radius 1 is 1.17 bits per heavy atom. The number of rotatable bonds is 5. The lowest BCUT2D eigenvalue weighted by atomic mass is 10.0. The number of carbonyl (C=O) groups excluding carboxylic acids is 1. The summed E-state index contributed by atoms with van der Waals surface area (Å²) in [5.74, 6) is -0.827. The fourth-order valence-corrected chi connectivity index (χ4v) is 4.46. The first-order valence-electron chi connectivity index (χ1n) is 9.73. The van der Waals surface area contributed by atoms with Crippen LogP contribution in [-0.2, 0) is 0 Å². The Kier molecular flexibility index (Phi) is 6.09. The van der Waals surface area contributed by atoms with E-state index in [4.69, 9.17) is 23.2 Å². The van der Waals surface area contributed by atoms with Crippen LogP contribution >= 0.6 is 23.2 Å². The lowest BCUT2D eigenvalue weighted by molar-refractivity contribution is 0.0938. The van der Waals surface area contributed by atoms with Crippen LogP contribution in [0.4, 0.5) is 4.39 Å². The number of hydrogen-bond acceptors (Lipinski definition) is 3. The third-order valence-electron chi connectivity index (χ3n) is 5.42. The van der Waals surface area contributed by atoms with Crippen LogP contribution in [0, 0.1) is 5.82 Å². The van der Waals surface area contributed by atoms with Gasteiger partial charge in [-0.1, -0.05) is 29.3 Å². The van der Waals surface area contributed by atoms with Gasteiger partial charge in [-0.3, -0.25) is 14.5 Å². The SMILES string of the molecule is O=C(NCC(c1c(F)cccc1Cl)N1CCCC1)c1cc(=O)[nH]c2ccc(Cl)cc12. The van der Waals surface area contributed by atoms with E-state index in [0.717, 1.165) is 25.9 Å². The van der Waals surface area contributed by atoms with Gasteiger partial charge in [-0.15, -0.1) is 0 Å². The molecular formula is C22H20Cl2FN3O2. The summed E-state index contributed by atoms with van der Waals surface area (Å²) >= 11 is 12.4. The zero-order valence-corrected chi connectivity index (χ0v) is 17.6. The summed E-state index contributed by atoms with van der Waals surface area (Å²) < 4.78 is 14.6. The molecule has 1 saturated heterocycles. The molecule has 4 rings (SSSR count). The van der Waals surface area contributed by atoms with E-state index in [1.807, 2.05) is 0 Å². The normalized spacial score (nSPS) is 15.4. The van der Waals surface area contributed by atoms with Crippen molar-refractivity contribution in [1.82, 2.24) is 15.2 Å². The van der Waals surface area contributed by atoms with Gasteiger partial charge < -0.3 is 10.3 Å². The third-order valence-corrected chi connectivity index (χ3v) is 5.98. The van der Waals surface area contributed by atoms with Gasteiger partial charge in [0, 0.05) is 39.1 Å². The Balaban J connectivity index is 1.65. The van der Waals surface area contributed by atoms with Crippen molar-refractivity contribution in [3.05, 3.63) is 79.8 Å². The smallest absolute Gasteiger partial charge is 0.252 e. The summed E-state index contributed by atoms with van der Waals surface area (Å²) in [5, 5.41) is 4.19. The number of H-pyrrole nitrogens is 1. The first-order chi connectivity index (χ1) is 14.4. The maximum atomic E-state index is 14.6. The summed E-state index contributed by atoms with van der Waals surface area (Å²) in [6.07, 6.45) is 2.02. The Labute approximate surface area is 182 Å². The second-order valence-corrected chi connectivity index (χ2v) is 8.19. The highest BCUT2D eigenvalue weighted by Crippen LogP contribution is 2.32. The number of pyridine rings is 1. The van der Waals surface area contributed by atoms with Crippen LogP contribution in [0.1, 0.15) is 34.8 Å². The molecular weight excluding hydrogens is 428 g/mol. The average molecular weight is 448 g/mol. The number of fused-ring (bicyclic) bond motifs is 1. The number of halogens is 3. The topological polar surface area (TPSA) is 65.2 Å². The first-order valence-corrected chi connectivity index (χ1v) is 10.5. The molecule has 0 spiro atoms. The number of amides is 1. The molecule has 1 atom stereocenters. The number of nitrogens with one attached hydrogen (secondary N) is 2. The summed E-state index contributed by atoms with van der Waals surface area (Å²) in [5.41, 5.74) is 0.727. The number of aromatic nitrogens is 1. The van der Waals surface area contributed by atoms with Gasteiger partial charge in [0.1, 0.15) is 5.82 Å². The summed E-state index contributed by atoms with van der Waals surface area (Å²) in [7, 11) is 0. The summed E-state index contributed by atoms with van der Waals surface area (Å²) in [6, 6.07) is 10.4. The fourth-order valence-electron chi connectivity index (χ4n) is 3.99. The molecule has 1 amide bonds. The van der Waals surface area contributed by atoms with Gasteiger partial charge in [0.25, 0.3) is 5.91 Å². The minimum atomic E-state index is -0.426. The third kappa shape index (κ3) is 4.21. The van der Waals surface area contributed by atoms with E-state index in [2.05, 4.69) is 15.2 Å². The van der Waals surface area contributed by atoms with Crippen molar-refractivity contribution in [2.75, 3.05) is 19.6 Å². The highest BCUT2D eigenvalue weighted by atomic mass is 35.5. The number of nitrogens with zero attached hydrogens (tertiary/aromatic N) is 1. The van der Waals surface area contributed by atoms with Gasteiger partial charge in [-0.05, 0) is 56.3 Å². The molecule has 1 aliphatic heterocycles. The minimum Gasteiger partial charge on any atom is -0.350 e. The van der Waals surface area contributed by atoms with E-state index in [-0.39, 0.29) is 17.7 Å². The summed E-state index contributed by atoms with van der Waals surface area (Å²) in [6.45, 7) is 1.76. The number of carbonyl (C=O) groups is 1. The molecule has 2 aromatic carbocycles. The van der Waals surface area contributed by atoms with Crippen molar-refractivity contribution in [2.24, 2.45) is 0 Å². The number of likely N-dealkylation sites (tertiary alicyclic amines) is 1. The molecule has 1 aromatic heterocycles. The van der Waals surface area contributed by atoms with E-state index in [1.165, 1.54) is 12.1 Å². The van der Waals surface area contributed by atoms with Crippen molar-refractivity contribution in [1.29, 1.82) is 0 Å². The Morgan fingerprint density at radius 2 is 1.93 bits per heavy atom. The van der Waals surface area contributed by atoms with Gasteiger partial charge in [-0.2, -0.15) is 0 Å². The van der Waals surface area contributed by atoms with Crippen LogP contribution in [0.15, 0.2) is 47.3 Å². The summed E-state index contributed by atoms with van der Waals surface area (Å²) in [4.78, 5) is 29.8. The van der Waals surface area contributed by atoms with Gasteiger partial charge in [0.05, 0.1) is 11.6 Å². The largest absolute Gasteiger partial charge is 0.350 e. The van der Waals surface area contributed by atoms with Crippen LogP contribution in [-0.4, -0.2) is 35.4 Å². The Hall–Kier alpha value is -2.41. The molecule has 30 heavy (non-hydrogen) atoms. The van der Waals surface area contributed by atoms with Crippen molar-refractivity contribution in [3.63, 3.8) is 0 Å². The highest BCUT2D eigenvalue weighted by molar-refractivity contribution is 6.31. The van der Waals surface area contributed by atoms with E-state index in [9.17, 15) is 14.0 Å². The predicted octanol–water partition coefficient (Wildman–Crippen LogP) is 4.54. The van der Waals surface area contributed by atoms with E-state index in [1.54, 1.807) is 30.3 Å². The van der Waals surface area contributed by atoms with Gasteiger partial charge in [0.2, 0.25) is 5.56 Å². The highest BCUT2D eigenvalue weighted by Gasteiger charge is 2.28. The average Bonchev–Trinajstić information content (AvgIpc) is 3.24. The van der Waals surface area contributed by atoms with Crippen LogP contribution in [0.25, 0.3) is 10.9 Å². The van der Waals surface area contributed by atoms with E-state index >= 15 is 0 Å². The van der Waals surface area contributed by atoms with Crippen LogP contribution in [0.3, 0.4) is 0 Å². The van der Waals surface area contributed by atoms with Crippen molar-refractivity contribution in [2.45, 2.75) is 18.9 Å². The quantitative estimate of drug-likeness (QED) is 0.603. The lowest BCUT2D eigenvalue weighted by Crippen LogP contribution is -2.37. The lowest BCUT2D eigenvalue weighted by Gasteiger charge is -2.29. The van der Waals surface area contributed by atoms with Gasteiger partial charge in [-0.25, -0.2) is 4.39 Å². The Bertz CT molecular complexity index is 1140. The van der Waals surface area contributed by atoms with Crippen molar-refractivity contribution < 1.29 is 9.18 Å².